The van der Waals surface area contributed by atoms with Crippen LogP contribution in [0, 0.1) is 24.1 Å². The van der Waals surface area contributed by atoms with E-state index in [1.54, 1.807) is 13.1 Å². The standard InChI is InChI=1S/C33H37FN4O4/c1-24-11-12-25(17-18-33(2,42-36-3)21-26-7-6-8-27(19-26)22-35)20-30(24)37-31(9-4-5-10-32(40)41)38(23-39)29-15-13-28(34)14-16-29/h6-8,11-16,19-20,23,36H,4-5,9-10,17-18,21H2,1-3H3,(H,40,41). The molecule has 9 heteroatoms. The van der Waals surface area contributed by atoms with Crippen molar-refractivity contribution in [2.24, 2.45) is 4.99 Å². The highest BCUT2D eigenvalue weighted by molar-refractivity contribution is 6.10. The van der Waals surface area contributed by atoms with Gasteiger partial charge in [-0.25, -0.2) is 14.9 Å². The third kappa shape index (κ3) is 9.61. The molecule has 0 radical (unpaired) electrons. The predicted octanol–water partition coefficient (Wildman–Crippen LogP) is 6.43. The fourth-order valence-electron chi connectivity index (χ4n) is 4.75. The summed E-state index contributed by atoms with van der Waals surface area (Å²) in [5.74, 6) is -0.849. The van der Waals surface area contributed by atoms with E-state index in [2.05, 4.69) is 11.5 Å². The van der Waals surface area contributed by atoms with Crippen molar-refractivity contribution in [2.75, 3.05) is 11.9 Å². The minimum atomic E-state index is -0.880. The van der Waals surface area contributed by atoms with Crippen LogP contribution in [0.2, 0.25) is 0 Å². The zero-order valence-electron chi connectivity index (χ0n) is 24.3. The molecule has 1 atom stereocenters. The number of hydroxylamine groups is 1. The molecule has 0 spiro atoms. The van der Waals surface area contributed by atoms with Gasteiger partial charge >= 0.3 is 5.97 Å². The zero-order valence-corrected chi connectivity index (χ0v) is 24.3. The summed E-state index contributed by atoms with van der Waals surface area (Å²) in [6.45, 7) is 3.96. The van der Waals surface area contributed by atoms with Crippen molar-refractivity contribution in [1.29, 1.82) is 5.26 Å². The molecule has 0 aliphatic heterocycles. The fourth-order valence-corrected chi connectivity index (χ4v) is 4.75. The SMILES string of the molecule is CNOC(C)(CCc1ccc(C)c(N=C(CCCCC(=O)O)N(C=O)c2ccc(F)cc2)c1)Cc1cccc(C#N)c1. The van der Waals surface area contributed by atoms with Crippen LogP contribution in [0.25, 0.3) is 0 Å². The Balaban J connectivity index is 1.87. The van der Waals surface area contributed by atoms with Crippen LogP contribution < -0.4 is 10.4 Å². The Morgan fingerprint density at radius 3 is 2.52 bits per heavy atom. The zero-order chi connectivity index (χ0) is 30.5. The maximum atomic E-state index is 13.6. The summed E-state index contributed by atoms with van der Waals surface area (Å²) in [7, 11) is 1.72. The molecule has 0 heterocycles. The van der Waals surface area contributed by atoms with Gasteiger partial charge in [0.1, 0.15) is 11.7 Å². The second-order valence-electron chi connectivity index (χ2n) is 10.4. The number of halogens is 1. The van der Waals surface area contributed by atoms with Crippen molar-refractivity contribution >= 4 is 29.6 Å². The highest BCUT2D eigenvalue weighted by Crippen LogP contribution is 2.28. The first kappa shape index (κ1) is 32.1. The monoisotopic (exact) mass is 572 g/mol. The molecule has 220 valence electrons. The molecule has 0 aliphatic rings. The lowest BCUT2D eigenvalue weighted by Gasteiger charge is -2.29. The molecule has 3 aromatic rings. The number of nitrogens with one attached hydrogen (secondary N) is 1. The molecule has 2 N–H and O–H groups in total. The van der Waals surface area contributed by atoms with E-state index >= 15 is 0 Å². The Bertz CT molecular complexity index is 1430. The number of amides is 1. The highest BCUT2D eigenvalue weighted by Gasteiger charge is 2.26. The maximum absolute atomic E-state index is 13.6. The number of benzene rings is 3. The first-order valence-corrected chi connectivity index (χ1v) is 13.9. The lowest BCUT2D eigenvalue weighted by atomic mass is 9.89. The van der Waals surface area contributed by atoms with Crippen LogP contribution in [0.15, 0.2) is 71.7 Å². The van der Waals surface area contributed by atoms with Gasteiger partial charge in [-0.15, -0.1) is 0 Å². The number of aliphatic imine (C=N–C) groups is 1. The van der Waals surface area contributed by atoms with E-state index in [1.807, 2.05) is 50.2 Å². The van der Waals surface area contributed by atoms with E-state index < -0.39 is 17.4 Å². The molecule has 1 unspecified atom stereocenters. The van der Waals surface area contributed by atoms with Gasteiger partial charge in [-0.3, -0.25) is 19.3 Å². The number of aliphatic carboxylic acids is 1. The number of amidine groups is 1. The van der Waals surface area contributed by atoms with Gasteiger partial charge in [0, 0.05) is 32.0 Å². The number of carboxylic acid groups (broad SMARTS) is 1. The topological polar surface area (TPSA) is 115 Å². The maximum Gasteiger partial charge on any atom is 0.303 e. The molecule has 0 saturated carbocycles. The summed E-state index contributed by atoms with van der Waals surface area (Å²) >= 11 is 0. The molecule has 0 fully saturated rings. The van der Waals surface area contributed by atoms with E-state index in [1.165, 1.54) is 29.2 Å². The summed E-state index contributed by atoms with van der Waals surface area (Å²) in [6.07, 6.45) is 3.94. The van der Waals surface area contributed by atoms with E-state index in [0.717, 1.165) is 16.7 Å². The molecule has 8 nitrogen and oxygen atoms in total. The molecular weight excluding hydrogens is 535 g/mol. The van der Waals surface area contributed by atoms with Crippen LogP contribution in [0.3, 0.4) is 0 Å². The Kier molecular flexibility index (Phi) is 11.9. The average Bonchev–Trinajstić information content (AvgIpc) is 2.97. The van der Waals surface area contributed by atoms with Gasteiger partial charge in [-0.2, -0.15) is 5.26 Å². The van der Waals surface area contributed by atoms with Crippen LogP contribution in [-0.4, -0.2) is 36.0 Å². The smallest absolute Gasteiger partial charge is 0.303 e. The Labute approximate surface area is 246 Å². The van der Waals surface area contributed by atoms with E-state index in [9.17, 15) is 19.2 Å². The van der Waals surface area contributed by atoms with Crippen molar-refractivity contribution in [3.63, 3.8) is 0 Å². The third-order valence-corrected chi connectivity index (χ3v) is 6.98. The number of unbranched alkanes of at least 4 members (excludes halogenated alkanes) is 1. The van der Waals surface area contributed by atoms with Crippen LogP contribution in [0.5, 0.6) is 0 Å². The van der Waals surface area contributed by atoms with Crippen molar-refractivity contribution in [2.45, 2.75) is 64.4 Å². The third-order valence-electron chi connectivity index (χ3n) is 6.98. The summed E-state index contributed by atoms with van der Waals surface area (Å²) in [5.41, 5.74) is 6.97. The fraction of sp³-hybridized carbons (Fsp3) is 0.333. The van der Waals surface area contributed by atoms with Gasteiger partial charge in [-0.1, -0.05) is 24.3 Å². The second kappa shape index (κ2) is 15.6. The molecule has 3 aromatic carbocycles. The number of nitriles is 1. The minimum absolute atomic E-state index is 0.0215. The van der Waals surface area contributed by atoms with Gasteiger partial charge in [-0.05, 0) is 98.7 Å². The largest absolute Gasteiger partial charge is 0.481 e. The van der Waals surface area contributed by atoms with Crippen molar-refractivity contribution in [1.82, 2.24) is 5.48 Å². The van der Waals surface area contributed by atoms with Gasteiger partial charge in [0.05, 0.1) is 22.9 Å². The number of carboxylic acids is 1. The summed E-state index contributed by atoms with van der Waals surface area (Å²) in [5, 5.41) is 18.3. The quantitative estimate of drug-likeness (QED) is 0.0713. The number of carbonyl (C=O) groups is 2. The number of hydrogen-bond donors (Lipinski definition) is 2. The number of carbonyl (C=O) groups excluding carboxylic acids is 1. The van der Waals surface area contributed by atoms with Crippen LogP contribution >= 0.6 is 0 Å². The van der Waals surface area contributed by atoms with Crippen LogP contribution in [-0.2, 0) is 27.3 Å². The van der Waals surface area contributed by atoms with E-state index in [-0.39, 0.29) is 6.42 Å². The first-order chi connectivity index (χ1) is 20.2. The van der Waals surface area contributed by atoms with Gasteiger partial charge in [0.2, 0.25) is 6.41 Å². The van der Waals surface area contributed by atoms with Crippen molar-refractivity contribution in [3.8, 4) is 6.07 Å². The van der Waals surface area contributed by atoms with Gasteiger partial charge in [0.25, 0.3) is 0 Å². The predicted molar refractivity (Wildman–Crippen MR) is 161 cm³/mol. The summed E-state index contributed by atoms with van der Waals surface area (Å²) in [4.78, 5) is 35.4. The van der Waals surface area contributed by atoms with E-state index in [4.69, 9.17) is 14.9 Å². The van der Waals surface area contributed by atoms with Gasteiger partial charge in [0.15, 0.2) is 0 Å². The Hall–Kier alpha value is -4.39. The number of nitrogens with zero attached hydrogens (tertiary/aromatic N) is 3. The molecule has 1 amide bonds. The normalized spacial score (nSPS) is 12.8. The number of hydrogen-bond acceptors (Lipinski definition) is 6. The van der Waals surface area contributed by atoms with E-state index in [0.29, 0.717) is 67.7 Å². The molecule has 42 heavy (non-hydrogen) atoms. The lowest BCUT2D eigenvalue weighted by Crippen LogP contribution is -2.36. The highest BCUT2D eigenvalue weighted by atomic mass is 19.1. The Morgan fingerprint density at radius 2 is 1.86 bits per heavy atom. The summed E-state index contributed by atoms with van der Waals surface area (Å²) in [6, 6.07) is 21.2. The second-order valence-corrected chi connectivity index (χ2v) is 10.4. The molecule has 0 aliphatic carbocycles. The van der Waals surface area contributed by atoms with Crippen molar-refractivity contribution in [3.05, 3.63) is 94.8 Å². The van der Waals surface area contributed by atoms with Crippen LogP contribution in [0.4, 0.5) is 15.8 Å². The summed E-state index contributed by atoms with van der Waals surface area (Å²) < 4.78 is 13.6. The number of aryl methyl sites for hydroxylation is 2. The number of anilines is 1. The molecule has 0 aromatic heterocycles. The van der Waals surface area contributed by atoms with Crippen LogP contribution in [0.1, 0.15) is 61.3 Å². The average molecular weight is 573 g/mol. The molecule has 0 bridgehead atoms. The molecular formula is C33H37FN4O4. The molecule has 0 saturated heterocycles. The lowest BCUT2D eigenvalue weighted by molar-refractivity contribution is -0.137. The number of rotatable bonds is 15. The minimum Gasteiger partial charge on any atom is -0.481 e. The van der Waals surface area contributed by atoms with Gasteiger partial charge < -0.3 is 5.11 Å². The molecule has 3 rings (SSSR count). The van der Waals surface area contributed by atoms with Crippen molar-refractivity contribution < 1.29 is 23.9 Å². The first-order valence-electron chi connectivity index (χ1n) is 13.9. The Morgan fingerprint density at radius 1 is 1.12 bits per heavy atom.